The van der Waals surface area contributed by atoms with Gasteiger partial charge in [-0.3, -0.25) is 0 Å². The van der Waals surface area contributed by atoms with Crippen LogP contribution in [0.2, 0.25) is 0 Å². The number of phenols is 2. The Labute approximate surface area is 124 Å². The van der Waals surface area contributed by atoms with Crippen LogP contribution in [0.25, 0.3) is 0 Å². The summed E-state index contributed by atoms with van der Waals surface area (Å²) < 4.78 is 10.1. The number of hydrogen-bond acceptors (Lipinski definition) is 4. The molecule has 4 nitrogen and oxygen atoms in total. The number of rotatable bonds is 2. The Morgan fingerprint density at radius 1 is 1.14 bits per heavy atom. The van der Waals surface area contributed by atoms with Crippen LogP contribution < -0.4 is 0 Å². The fraction of sp³-hybridized carbons (Fsp3) is 0.294. The van der Waals surface area contributed by atoms with E-state index in [4.69, 9.17) is 14.6 Å². The molecule has 0 atom stereocenters. The van der Waals surface area contributed by atoms with Crippen molar-refractivity contribution in [3.63, 3.8) is 0 Å². The zero-order valence-corrected chi connectivity index (χ0v) is 12.3. The molecule has 3 rings (SSSR count). The second-order valence-corrected chi connectivity index (χ2v) is 4.96. The molecule has 1 heterocycles. The molecular formula is C17H20O4. The van der Waals surface area contributed by atoms with Crippen LogP contribution in [0.15, 0.2) is 36.4 Å². The van der Waals surface area contributed by atoms with E-state index in [0.717, 1.165) is 22.3 Å². The average Bonchev–Trinajstić information content (AvgIpc) is 2.93. The minimum atomic E-state index is 0.287. The van der Waals surface area contributed by atoms with Gasteiger partial charge in [0.05, 0.1) is 19.8 Å². The van der Waals surface area contributed by atoms with Crippen molar-refractivity contribution < 1.29 is 19.7 Å². The molecule has 2 N–H and O–H groups in total. The maximum Gasteiger partial charge on any atom is 0.124 e. The highest BCUT2D eigenvalue weighted by Gasteiger charge is 2.15. The standard InChI is InChI=1S/C9H10O2.C8H10O2/c1-6-2-3-7-4-11-5-8(7)9(6)10;1-10-6-7-3-2-4-8(9)5-7/h2-3,10H,4-5H2,1H3;2-5,9H,6H2,1H3. The normalized spacial score (nSPS) is 12.5. The van der Waals surface area contributed by atoms with E-state index in [2.05, 4.69) is 0 Å². The van der Waals surface area contributed by atoms with Crippen LogP contribution >= 0.6 is 0 Å². The van der Waals surface area contributed by atoms with Crippen molar-refractivity contribution in [1.82, 2.24) is 0 Å². The predicted octanol–water partition coefficient (Wildman–Crippen LogP) is 3.27. The summed E-state index contributed by atoms with van der Waals surface area (Å²) in [7, 11) is 1.63. The van der Waals surface area contributed by atoms with Gasteiger partial charge in [0.15, 0.2) is 0 Å². The Kier molecular flexibility index (Phi) is 5.20. The lowest BCUT2D eigenvalue weighted by atomic mass is 10.1. The molecule has 2 aromatic rings. The summed E-state index contributed by atoms with van der Waals surface area (Å²) in [6.45, 7) is 3.65. The number of aryl methyl sites for hydroxylation is 1. The first kappa shape index (κ1) is 15.4. The molecule has 112 valence electrons. The third kappa shape index (κ3) is 3.97. The van der Waals surface area contributed by atoms with Crippen LogP contribution in [0.4, 0.5) is 0 Å². The largest absolute Gasteiger partial charge is 0.508 e. The lowest BCUT2D eigenvalue weighted by Crippen LogP contribution is -1.85. The molecule has 0 aliphatic carbocycles. The Balaban J connectivity index is 0.000000155. The smallest absolute Gasteiger partial charge is 0.124 e. The van der Waals surface area contributed by atoms with E-state index in [0.29, 0.717) is 25.6 Å². The molecule has 0 unspecified atom stereocenters. The molecule has 4 heteroatoms. The van der Waals surface area contributed by atoms with E-state index in [-0.39, 0.29) is 5.75 Å². The molecule has 0 saturated heterocycles. The molecule has 1 aliphatic heterocycles. The summed E-state index contributed by atoms with van der Waals surface area (Å²) in [4.78, 5) is 0. The maximum absolute atomic E-state index is 9.54. The zero-order chi connectivity index (χ0) is 15.2. The van der Waals surface area contributed by atoms with Gasteiger partial charge in [-0.2, -0.15) is 0 Å². The second kappa shape index (κ2) is 7.11. The van der Waals surface area contributed by atoms with Crippen LogP contribution in [-0.2, 0) is 29.3 Å². The van der Waals surface area contributed by atoms with Crippen LogP contribution in [0.1, 0.15) is 22.3 Å². The fourth-order valence-corrected chi connectivity index (χ4v) is 2.17. The van der Waals surface area contributed by atoms with E-state index in [1.807, 2.05) is 25.1 Å². The van der Waals surface area contributed by atoms with Gasteiger partial charge in [-0.05, 0) is 35.7 Å². The van der Waals surface area contributed by atoms with Gasteiger partial charge in [0.25, 0.3) is 0 Å². The van der Waals surface area contributed by atoms with Crippen molar-refractivity contribution >= 4 is 0 Å². The number of ether oxygens (including phenoxy) is 2. The van der Waals surface area contributed by atoms with Crippen molar-refractivity contribution in [1.29, 1.82) is 0 Å². The summed E-state index contributed by atoms with van der Waals surface area (Å²) in [6.07, 6.45) is 0. The van der Waals surface area contributed by atoms with Gasteiger partial charge in [-0.1, -0.05) is 24.3 Å². The fourth-order valence-electron chi connectivity index (χ4n) is 2.17. The molecule has 0 fully saturated rings. The molecule has 21 heavy (non-hydrogen) atoms. The zero-order valence-electron chi connectivity index (χ0n) is 12.3. The van der Waals surface area contributed by atoms with Crippen molar-refractivity contribution in [3.8, 4) is 11.5 Å². The Bertz CT molecular complexity index is 608. The topological polar surface area (TPSA) is 58.9 Å². The summed E-state index contributed by atoms with van der Waals surface area (Å²) in [6, 6.07) is 11.0. The summed E-state index contributed by atoms with van der Waals surface area (Å²) in [5.41, 5.74) is 4.00. The maximum atomic E-state index is 9.54. The minimum absolute atomic E-state index is 0.287. The van der Waals surface area contributed by atoms with Gasteiger partial charge >= 0.3 is 0 Å². The molecule has 0 bridgehead atoms. The van der Waals surface area contributed by atoms with E-state index in [1.165, 1.54) is 0 Å². The summed E-state index contributed by atoms with van der Waals surface area (Å²) >= 11 is 0. The third-order valence-corrected chi connectivity index (χ3v) is 3.31. The van der Waals surface area contributed by atoms with Crippen molar-refractivity contribution in [2.24, 2.45) is 0 Å². The number of methoxy groups -OCH3 is 1. The molecule has 0 radical (unpaired) electrons. The number of hydrogen-bond donors (Lipinski definition) is 2. The molecule has 0 aromatic heterocycles. The number of benzene rings is 2. The van der Waals surface area contributed by atoms with Crippen molar-refractivity contribution in [3.05, 3.63) is 58.7 Å². The third-order valence-electron chi connectivity index (χ3n) is 3.31. The highest BCUT2D eigenvalue weighted by molar-refractivity contribution is 5.45. The van der Waals surface area contributed by atoms with Gasteiger partial charge in [0.2, 0.25) is 0 Å². The molecular weight excluding hydrogens is 268 g/mol. The number of phenolic OH excluding ortho intramolecular Hbond substituents is 2. The first-order valence-corrected chi connectivity index (χ1v) is 6.76. The average molecular weight is 288 g/mol. The van der Waals surface area contributed by atoms with Crippen LogP contribution in [-0.4, -0.2) is 17.3 Å². The Morgan fingerprint density at radius 3 is 2.67 bits per heavy atom. The van der Waals surface area contributed by atoms with Crippen molar-refractivity contribution in [2.45, 2.75) is 26.7 Å². The van der Waals surface area contributed by atoms with Gasteiger partial charge < -0.3 is 19.7 Å². The van der Waals surface area contributed by atoms with E-state index in [1.54, 1.807) is 25.3 Å². The van der Waals surface area contributed by atoms with Crippen LogP contribution in [0.5, 0.6) is 11.5 Å². The number of aromatic hydroxyl groups is 2. The van der Waals surface area contributed by atoms with E-state index < -0.39 is 0 Å². The highest BCUT2D eigenvalue weighted by Crippen LogP contribution is 2.30. The molecule has 0 spiro atoms. The lowest BCUT2D eigenvalue weighted by molar-refractivity contribution is 0.133. The predicted molar refractivity (Wildman–Crippen MR) is 80.2 cm³/mol. The van der Waals surface area contributed by atoms with Gasteiger partial charge in [0, 0.05) is 12.7 Å². The second-order valence-electron chi connectivity index (χ2n) is 4.96. The minimum Gasteiger partial charge on any atom is -0.508 e. The van der Waals surface area contributed by atoms with Crippen LogP contribution in [0.3, 0.4) is 0 Å². The van der Waals surface area contributed by atoms with E-state index >= 15 is 0 Å². The number of fused-ring (bicyclic) bond motifs is 1. The van der Waals surface area contributed by atoms with Gasteiger partial charge in [-0.15, -0.1) is 0 Å². The SMILES string of the molecule is COCc1cccc(O)c1.Cc1ccc2c(c1O)COC2. The van der Waals surface area contributed by atoms with Crippen molar-refractivity contribution in [2.75, 3.05) is 7.11 Å². The monoisotopic (exact) mass is 288 g/mol. The van der Waals surface area contributed by atoms with Gasteiger partial charge in [0.1, 0.15) is 11.5 Å². The lowest BCUT2D eigenvalue weighted by Gasteiger charge is -2.02. The summed E-state index contributed by atoms with van der Waals surface area (Å²) in [5.74, 6) is 0.689. The van der Waals surface area contributed by atoms with Crippen LogP contribution in [0, 0.1) is 6.92 Å². The first-order valence-electron chi connectivity index (χ1n) is 6.76. The first-order chi connectivity index (χ1) is 10.1. The molecule has 0 amide bonds. The Hall–Kier alpha value is -2.04. The van der Waals surface area contributed by atoms with E-state index in [9.17, 15) is 5.11 Å². The van der Waals surface area contributed by atoms with Gasteiger partial charge in [-0.25, -0.2) is 0 Å². The Morgan fingerprint density at radius 2 is 1.95 bits per heavy atom. The molecule has 2 aromatic carbocycles. The summed E-state index contributed by atoms with van der Waals surface area (Å²) in [5, 5.41) is 18.5. The molecule has 0 saturated carbocycles. The molecule has 1 aliphatic rings. The highest BCUT2D eigenvalue weighted by atomic mass is 16.5. The quantitative estimate of drug-likeness (QED) is 0.890.